The first-order valence-electron chi connectivity index (χ1n) is 8.90. The minimum atomic E-state index is -3.61. The first-order valence-corrected chi connectivity index (χ1v) is 10.3. The molecule has 1 aliphatic rings. The molecule has 6 nitrogen and oxygen atoms in total. The molecule has 1 saturated heterocycles. The van der Waals surface area contributed by atoms with Crippen molar-refractivity contribution in [3.63, 3.8) is 0 Å². The number of nitrogens with one attached hydrogen (secondary N) is 1. The van der Waals surface area contributed by atoms with Gasteiger partial charge < -0.3 is 10.1 Å². The Morgan fingerprint density at radius 3 is 2.22 bits per heavy atom. The predicted molar refractivity (Wildman–Crippen MR) is 104 cm³/mol. The summed E-state index contributed by atoms with van der Waals surface area (Å²) in [6.07, 6.45) is -0.301. The summed E-state index contributed by atoms with van der Waals surface area (Å²) in [5.74, 6) is -0.276. The number of anilines is 1. The lowest BCUT2D eigenvalue weighted by molar-refractivity contribution is -0.0440. The topological polar surface area (TPSA) is 75.7 Å². The standard InChI is InChI=1S/C20H24N2O4S/c1-14-6-4-5-7-19(14)21-20(23)17-8-10-18(11-9-17)27(24,25)22-12-15(2)26-16(3)13-22/h4-11,15-16H,12-13H2,1-3H3,(H,21,23). The molecule has 2 aromatic carbocycles. The molecule has 2 atom stereocenters. The summed E-state index contributed by atoms with van der Waals surface area (Å²) in [4.78, 5) is 12.6. The Balaban J connectivity index is 1.76. The van der Waals surface area contributed by atoms with E-state index in [1.165, 1.54) is 28.6 Å². The Morgan fingerprint density at radius 2 is 1.63 bits per heavy atom. The third-order valence-corrected chi connectivity index (χ3v) is 6.38. The lowest BCUT2D eigenvalue weighted by Gasteiger charge is -2.34. The average molecular weight is 388 g/mol. The van der Waals surface area contributed by atoms with E-state index in [9.17, 15) is 13.2 Å². The van der Waals surface area contributed by atoms with Crippen LogP contribution in [0, 0.1) is 6.92 Å². The van der Waals surface area contributed by atoms with Crippen molar-refractivity contribution in [1.29, 1.82) is 0 Å². The smallest absolute Gasteiger partial charge is 0.255 e. The van der Waals surface area contributed by atoms with Gasteiger partial charge in [0.25, 0.3) is 5.91 Å². The number of sulfonamides is 1. The van der Waals surface area contributed by atoms with E-state index in [1.54, 1.807) is 0 Å². The van der Waals surface area contributed by atoms with Crippen LogP contribution in [0.4, 0.5) is 5.69 Å². The van der Waals surface area contributed by atoms with Gasteiger partial charge in [0, 0.05) is 24.3 Å². The molecule has 1 aliphatic heterocycles. The van der Waals surface area contributed by atoms with Crippen molar-refractivity contribution in [3.05, 3.63) is 59.7 Å². The second-order valence-corrected chi connectivity index (χ2v) is 8.81. The van der Waals surface area contributed by atoms with Gasteiger partial charge in [-0.05, 0) is 56.7 Å². The molecule has 3 rings (SSSR count). The number of aryl methyl sites for hydroxylation is 1. The second kappa shape index (κ2) is 7.80. The van der Waals surface area contributed by atoms with Crippen LogP contribution in [0.1, 0.15) is 29.8 Å². The highest BCUT2D eigenvalue weighted by Gasteiger charge is 2.32. The molecular formula is C20H24N2O4S. The van der Waals surface area contributed by atoms with Gasteiger partial charge in [0.2, 0.25) is 10.0 Å². The highest BCUT2D eigenvalue weighted by molar-refractivity contribution is 7.89. The molecule has 2 unspecified atom stereocenters. The third-order valence-electron chi connectivity index (χ3n) is 4.53. The summed E-state index contributed by atoms with van der Waals surface area (Å²) >= 11 is 0. The van der Waals surface area contributed by atoms with E-state index in [2.05, 4.69) is 5.32 Å². The number of ether oxygens (including phenoxy) is 1. The fourth-order valence-corrected chi connectivity index (χ4v) is 4.75. The lowest BCUT2D eigenvalue weighted by Crippen LogP contribution is -2.48. The van der Waals surface area contributed by atoms with E-state index in [4.69, 9.17) is 4.74 Å². The molecule has 0 aromatic heterocycles. The highest BCUT2D eigenvalue weighted by atomic mass is 32.2. The number of amides is 1. The highest BCUT2D eigenvalue weighted by Crippen LogP contribution is 2.22. The van der Waals surface area contributed by atoms with Gasteiger partial charge in [0.05, 0.1) is 17.1 Å². The molecule has 0 bridgehead atoms. The molecule has 144 valence electrons. The fraction of sp³-hybridized carbons (Fsp3) is 0.350. The van der Waals surface area contributed by atoms with Crippen LogP contribution in [-0.4, -0.2) is 43.9 Å². The Hall–Kier alpha value is -2.22. The Kier molecular flexibility index (Phi) is 5.64. The quantitative estimate of drug-likeness (QED) is 0.873. The van der Waals surface area contributed by atoms with Gasteiger partial charge in [-0.2, -0.15) is 4.31 Å². The Morgan fingerprint density at radius 1 is 1.04 bits per heavy atom. The Bertz CT molecular complexity index is 915. The number of morpholine rings is 1. The van der Waals surface area contributed by atoms with E-state index in [0.717, 1.165) is 11.3 Å². The van der Waals surface area contributed by atoms with E-state index in [0.29, 0.717) is 18.7 Å². The molecular weight excluding hydrogens is 364 g/mol. The molecule has 1 heterocycles. The maximum atomic E-state index is 12.9. The molecule has 1 N–H and O–H groups in total. The zero-order chi connectivity index (χ0) is 19.6. The average Bonchev–Trinajstić information content (AvgIpc) is 2.63. The fourth-order valence-electron chi connectivity index (χ4n) is 3.16. The number of para-hydroxylation sites is 1. The van der Waals surface area contributed by atoms with E-state index < -0.39 is 10.0 Å². The first kappa shape index (κ1) is 19.5. The van der Waals surface area contributed by atoms with Crippen LogP contribution >= 0.6 is 0 Å². The monoisotopic (exact) mass is 388 g/mol. The normalized spacial score (nSPS) is 21.0. The molecule has 0 aliphatic carbocycles. The minimum absolute atomic E-state index is 0.150. The number of benzene rings is 2. The predicted octanol–water partition coefficient (Wildman–Crippen LogP) is 3.05. The molecule has 1 fully saturated rings. The zero-order valence-corrected chi connectivity index (χ0v) is 16.5. The molecule has 0 radical (unpaired) electrons. The maximum absolute atomic E-state index is 12.9. The Labute approximate surface area is 160 Å². The molecule has 7 heteroatoms. The number of hydrogen-bond donors (Lipinski definition) is 1. The molecule has 1 amide bonds. The van der Waals surface area contributed by atoms with Crippen LogP contribution in [0.2, 0.25) is 0 Å². The molecule has 0 saturated carbocycles. The van der Waals surface area contributed by atoms with Gasteiger partial charge in [-0.1, -0.05) is 18.2 Å². The number of rotatable bonds is 4. The van der Waals surface area contributed by atoms with Crippen molar-refractivity contribution in [2.24, 2.45) is 0 Å². The van der Waals surface area contributed by atoms with Crippen LogP contribution in [-0.2, 0) is 14.8 Å². The summed E-state index contributed by atoms with van der Waals surface area (Å²) in [5, 5.41) is 2.84. The molecule has 2 aromatic rings. The summed E-state index contributed by atoms with van der Waals surface area (Å²) in [6.45, 7) is 6.27. The summed E-state index contributed by atoms with van der Waals surface area (Å²) in [7, 11) is -3.61. The van der Waals surface area contributed by atoms with Crippen molar-refractivity contribution < 1.29 is 17.9 Å². The van der Waals surface area contributed by atoms with Gasteiger partial charge >= 0.3 is 0 Å². The summed E-state index contributed by atoms with van der Waals surface area (Å²) in [6, 6.07) is 13.5. The van der Waals surface area contributed by atoms with Crippen LogP contribution in [0.25, 0.3) is 0 Å². The van der Waals surface area contributed by atoms with E-state index in [-0.39, 0.29) is 23.0 Å². The molecule has 0 spiro atoms. The van der Waals surface area contributed by atoms with Crippen molar-refractivity contribution in [3.8, 4) is 0 Å². The van der Waals surface area contributed by atoms with Crippen LogP contribution in [0.15, 0.2) is 53.4 Å². The minimum Gasteiger partial charge on any atom is -0.373 e. The summed E-state index contributed by atoms with van der Waals surface area (Å²) in [5.41, 5.74) is 2.09. The maximum Gasteiger partial charge on any atom is 0.255 e. The number of carbonyl (C=O) groups excluding carboxylic acids is 1. The SMILES string of the molecule is Cc1ccccc1NC(=O)c1ccc(S(=O)(=O)N2CC(C)OC(C)C2)cc1. The number of nitrogens with zero attached hydrogens (tertiary/aromatic N) is 1. The summed E-state index contributed by atoms with van der Waals surface area (Å²) < 4.78 is 32.8. The third kappa shape index (κ3) is 4.37. The zero-order valence-electron chi connectivity index (χ0n) is 15.7. The van der Waals surface area contributed by atoms with Crippen molar-refractivity contribution in [1.82, 2.24) is 4.31 Å². The van der Waals surface area contributed by atoms with Crippen molar-refractivity contribution >= 4 is 21.6 Å². The lowest BCUT2D eigenvalue weighted by atomic mass is 10.1. The number of carbonyl (C=O) groups is 1. The van der Waals surface area contributed by atoms with Gasteiger partial charge in [-0.3, -0.25) is 4.79 Å². The van der Waals surface area contributed by atoms with Crippen LogP contribution in [0.3, 0.4) is 0 Å². The van der Waals surface area contributed by atoms with Crippen LogP contribution in [0.5, 0.6) is 0 Å². The van der Waals surface area contributed by atoms with Gasteiger partial charge in [0.1, 0.15) is 0 Å². The van der Waals surface area contributed by atoms with Gasteiger partial charge in [-0.25, -0.2) is 8.42 Å². The van der Waals surface area contributed by atoms with Crippen molar-refractivity contribution in [2.75, 3.05) is 18.4 Å². The van der Waals surface area contributed by atoms with Gasteiger partial charge in [0.15, 0.2) is 0 Å². The van der Waals surface area contributed by atoms with E-state index >= 15 is 0 Å². The first-order chi connectivity index (χ1) is 12.8. The second-order valence-electron chi connectivity index (χ2n) is 6.87. The van der Waals surface area contributed by atoms with Crippen LogP contribution < -0.4 is 5.32 Å². The molecule has 27 heavy (non-hydrogen) atoms. The largest absolute Gasteiger partial charge is 0.373 e. The van der Waals surface area contributed by atoms with Crippen molar-refractivity contribution in [2.45, 2.75) is 37.9 Å². The van der Waals surface area contributed by atoms with Gasteiger partial charge in [-0.15, -0.1) is 0 Å². The van der Waals surface area contributed by atoms with E-state index in [1.807, 2.05) is 45.0 Å². The number of hydrogen-bond acceptors (Lipinski definition) is 4.